The average Bonchev–Trinajstić information content (AvgIpc) is 3.05. The van der Waals surface area contributed by atoms with Gasteiger partial charge < -0.3 is 73.3 Å². The summed E-state index contributed by atoms with van der Waals surface area (Å²) < 4.78 is 44.8. The second-order valence-electron chi connectivity index (χ2n) is 12.0. The summed E-state index contributed by atoms with van der Waals surface area (Å²) in [4.78, 5) is 49.6. The predicted octanol–water partition coefficient (Wildman–Crippen LogP) is 0.0253. The van der Waals surface area contributed by atoms with Crippen LogP contribution in [0.3, 0.4) is 0 Å². The highest BCUT2D eigenvalue weighted by atomic mass is 16.7. The number of ether oxygens (including phenoxy) is 7. The minimum atomic E-state index is -2.03. The summed E-state index contributed by atoms with van der Waals surface area (Å²) >= 11 is 0. The van der Waals surface area contributed by atoms with Crippen molar-refractivity contribution in [1.29, 1.82) is 0 Å². The Morgan fingerprint density at radius 1 is 0.731 bits per heavy atom. The Morgan fingerprint density at radius 3 is 2.00 bits per heavy atom. The van der Waals surface area contributed by atoms with Gasteiger partial charge in [-0.2, -0.15) is 0 Å². The van der Waals surface area contributed by atoms with Gasteiger partial charge in [-0.3, -0.25) is 19.2 Å². The molecule has 3 heterocycles. The van der Waals surface area contributed by atoms with Gasteiger partial charge in [-0.25, -0.2) is 0 Å². The van der Waals surface area contributed by atoms with Crippen molar-refractivity contribution in [1.82, 2.24) is 0 Å². The summed E-state index contributed by atoms with van der Waals surface area (Å²) in [6, 6.07) is 5.16. The highest BCUT2D eigenvalue weighted by Crippen LogP contribution is 2.39. The van der Waals surface area contributed by atoms with Crippen LogP contribution in [0, 0.1) is 0 Å². The molecule has 0 saturated carbocycles. The van der Waals surface area contributed by atoms with Crippen LogP contribution in [0.5, 0.6) is 28.7 Å². The molecule has 2 saturated heterocycles. The third-order valence-electron chi connectivity index (χ3n) is 8.12. The van der Waals surface area contributed by atoms with E-state index in [1.54, 1.807) is 0 Å². The molecule has 3 aromatic rings. The van der Waals surface area contributed by atoms with Gasteiger partial charge in [0, 0.05) is 38.5 Å². The molecule has 5 rings (SSSR count). The van der Waals surface area contributed by atoms with Crippen LogP contribution in [-0.2, 0) is 42.8 Å². The third kappa shape index (κ3) is 7.83. The predicted molar refractivity (Wildman–Crippen MR) is 169 cm³/mol. The number of aliphatic hydroxyl groups is 3. The number of fused-ring (bicyclic) bond motifs is 1. The number of rotatable bonds is 9. The Kier molecular flexibility index (Phi) is 11.1. The number of esters is 3. The third-order valence-corrected chi connectivity index (χ3v) is 8.12. The molecule has 1 aromatic heterocycles. The fraction of sp³-hybridized carbons (Fsp3) is 0.455. The zero-order valence-corrected chi connectivity index (χ0v) is 27.9. The van der Waals surface area contributed by atoms with E-state index >= 15 is 0 Å². The summed E-state index contributed by atoms with van der Waals surface area (Å²) in [5.74, 6) is -5.94. The standard InChI is InChI=1S/C33H36O19/c1-11-27(47-12(2)34)30(48-13(3)35)31(49-14(4)36)33(46-11)45-10-21-23(41)25(43)26(44)32(51-21)52-29-24(42)22-19(40)8-16(37)9-20(22)50-28(29)15-5-6-17(38)18(39)7-15/h5-9,11,21,23,25-27,30-33,37-41,43-44H,10H2,1-4H3/t11-,21+,23-,25-,26+,27-,30+,31+,32-,33-/m0/s1. The molecule has 0 unspecified atom stereocenters. The van der Waals surface area contributed by atoms with Gasteiger partial charge in [-0.05, 0) is 25.1 Å². The Labute approximate surface area is 293 Å². The second-order valence-corrected chi connectivity index (χ2v) is 12.0. The molecule has 52 heavy (non-hydrogen) atoms. The Morgan fingerprint density at radius 2 is 1.37 bits per heavy atom. The van der Waals surface area contributed by atoms with Crippen molar-refractivity contribution in [3.8, 4) is 40.1 Å². The second kappa shape index (κ2) is 15.2. The highest BCUT2D eigenvalue weighted by Gasteiger charge is 2.52. The van der Waals surface area contributed by atoms with Crippen LogP contribution in [0.25, 0.3) is 22.3 Å². The first-order chi connectivity index (χ1) is 24.5. The van der Waals surface area contributed by atoms with Gasteiger partial charge in [0.1, 0.15) is 46.9 Å². The van der Waals surface area contributed by atoms with E-state index in [1.165, 1.54) is 13.0 Å². The van der Waals surface area contributed by atoms with Crippen molar-refractivity contribution < 1.29 is 87.7 Å². The number of phenolic OH excluding ortho intramolecular Hbond substituents is 4. The van der Waals surface area contributed by atoms with Crippen molar-refractivity contribution in [3.63, 3.8) is 0 Å². The lowest BCUT2D eigenvalue weighted by atomic mass is 9.98. The van der Waals surface area contributed by atoms with Crippen LogP contribution < -0.4 is 10.2 Å². The van der Waals surface area contributed by atoms with E-state index in [0.29, 0.717) is 0 Å². The van der Waals surface area contributed by atoms with Crippen molar-refractivity contribution in [2.45, 2.75) is 89.1 Å². The van der Waals surface area contributed by atoms with Gasteiger partial charge in [0.25, 0.3) is 0 Å². The number of hydrogen-bond donors (Lipinski definition) is 7. The maximum atomic E-state index is 13.8. The molecule has 0 aliphatic carbocycles. The van der Waals surface area contributed by atoms with E-state index in [4.69, 9.17) is 37.6 Å². The molecular formula is C33H36O19. The van der Waals surface area contributed by atoms with Crippen LogP contribution in [-0.4, -0.2) is 122 Å². The molecule has 2 fully saturated rings. The molecule has 2 aromatic carbocycles. The number of aliphatic hydroxyl groups excluding tert-OH is 3. The lowest BCUT2D eigenvalue weighted by Crippen LogP contribution is -2.63. The van der Waals surface area contributed by atoms with E-state index in [-0.39, 0.29) is 11.1 Å². The van der Waals surface area contributed by atoms with Gasteiger partial charge in [0.15, 0.2) is 41.9 Å². The SMILES string of the molecule is CC(=O)O[C@@H]1[C@@H](OC(C)=O)[C@H](C)O[C@H](OC[C@H]2O[C@@H](Oc3c(-c4ccc(O)c(O)c4)oc4cc(O)cc(O)c4c3=O)[C@H](O)[C@@H](O)[C@H]2O)[C@@H]1OC(C)=O. The average molecular weight is 737 g/mol. The van der Waals surface area contributed by atoms with Gasteiger partial charge in [-0.1, -0.05) is 0 Å². The van der Waals surface area contributed by atoms with E-state index in [1.807, 2.05) is 0 Å². The van der Waals surface area contributed by atoms with Gasteiger partial charge in [-0.15, -0.1) is 0 Å². The van der Waals surface area contributed by atoms with Crippen molar-refractivity contribution in [2.75, 3.05) is 6.61 Å². The van der Waals surface area contributed by atoms with E-state index in [0.717, 1.165) is 45.0 Å². The smallest absolute Gasteiger partial charge is 0.303 e. The summed E-state index contributed by atoms with van der Waals surface area (Å²) in [5, 5.41) is 72.5. The van der Waals surface area contributed by atoms with E-state index < -0.39 is 131 Å². The van der Waals surface area contributed by atoms with Gasteiger partial charge >= 0.3 is 17.9 Å². The molecule has 2 aliphatic heterocycles. The van der Waals surface area contributed by atoms with Crippen molar-refractivity contribution >= 4 is 28.9 Å². The quantitative estimate of drug-likeness (QED) is 0.0866. The Hall–Kier alpha value is -5.18. The maximum absolute atomic E-state index is 13.8. The molecule has 19 heteroatoms. The van der Waals surface area contributed by atoms with Crippen LogP contribution in [0.4, 0.5) is 0 Å². The number of benzene rings is 2. The lowest BCUT2D eigenvalue weighted by molar-refractivity contribution is -0.321. The zero-order valence-electron chi connectivity index (χ0n) is 27.9. The molecule has 7 N–H and O–H groups in total. The monoisotopic (exact) mass is 736 g/mol. The summed E-state index contributed by atoms with van der Waals surface area (Å²) in [7, 11) is 0. The molecule has 282 valence electrons. The van der Waals surface area contributed by atoms with Crippen LogP contribution in [0.15, 0.2) is 39.5 Å². The summed E-state index contributed by atoms with van der Waals surface area (Å²) in [5.41, 5.74) is -1.44. The molecule has 0 amide bonds. The van der Waals surface area contributed by atoms with Crippen molar-refractivity contribution in [2.24, 2.45) is 0 Å². The van der Waals surface area contributed by atoms with E-state index in [2.05, 4.69) is 0 Å². The van der Waals surface area contributed by atoms with Crippen LogP contribution in [0.2, 0.25) is 0 Å². The Balaban J connectivity index is 1.46. The fourth-order valence-electron chi connectivity index (χ4n) is 5.79. The van der Waals surface area contributed by atoms with Gasteiger partial charge in [0.05, 0.1) is 12.7 Å². The number of hydrogen-bond acceptors (Lipinski definition) is 19. The molecule has 2 aliphatic rings. The largest absolute Gasteiger partial charge is 0.508 e. The number of aromatic hydroxyl groups is 4. The Bertz CT molecular complexity index is 1890. The molecule has 10 atom stereocenters. The van der Waals surface area contributed by atoms with Crippen LogP contribution in [0.1, 0.15) is 27.7 Å². The molecule has 19 nitrogen and oxygen atoms in total. The first-order valence-corrected chi connectivity index (χ1v) is 15.7. The molecule has 0 radical (unpaired) electrons. The highest BCUT2D eigenvalue weighted by molar-refractivity contribution is 5.88. The van der Waals surface area contributed by atoms with Crippen molar-refractivity contribution in [3.05, 3.63) is 40.6 Å². The minimum absolute atomic E-state index is 0.0626. The van der Waals surface area contributed by atoms with Gasteiger partial charge in [0.2, 0.25) is 17.5 Å². The van der Waals surface area contributed by atoms with Crippen LogP contribution >= 0.6 is 0 Å². The molecular weight excluding hydrogens is 700 g/mol. The number of carbonyl (C=O) groups excluding carboxylic acids is 3. The summed E-state index contributed by atoms with van der Waals surface area (Å²) in [6.45, 7) is 4.00. The molecule has 0 bridgehead atoms. The topological polar surface area (TPSA) is 288 Å². The maximum Gasteiger partial charge on any atom is 0.303 e. The normalized spacial score (nSPS) is 28.9. The van der Waals surface area contributed by atoms with E-state index in [9.17, 15) is 54.9 Å². The first kappa shape index (κ1) is 38.1. The molecule has 0 spiro atoms. The summed E-state index contributed by atoms with van der Waals surface area (Å²) in [6.07, 6.45) is -16.2. The fourth-order valence-corrected chi connectivity index (χ4v) is 5.79. The lowest BCUT2D eigenvalue weighted by Gasteiger charge is -2.44. The number of phenols is 4. The first-order valence-electron chi connectivity index (χ1n) is 15.7. The minimum Gasteiger partial charge on any atom is -0.508 e. The number of carbonyl (C=O) groups is 3. The zero-order chi connectivity index (χ0) is 38.2.